The van der Waals surface area contributed by atoms with E-state index in [9.17, 15) is 4.79 Å². The number of nitrogens with zero attached hydrogens (tertiary/aromatic N) is 1. The summed E-state index contributed by atoms with van der Waals surface area (Å²) in [5.74, 6) is 1.97. The SMILES string of the molecule is Cc1ccc(-c2cccc3c2OC(CNC(=O)c2ccc4c(c2)OCCO4)C3)nc1. The molecule has 0 saturated carbocycles. The Hall–Kier alpha value is -3.54. The molecular formula is C24H22N2O4. The largest absolute Gasteiger partial charge is 0.487 e. The molecule has 30 heavy (non-hydrogen) atoms. The topological polar surface area (TPSA) is 69.7 Å². The highest BCUT2D eigenvalue weighted by atomic mass is 16.6. The molecule has 1 atom stereocenters. The second kappa shape index (κ2) is 7.71. The Balaban J connectivity index is 1.26. The van der Waals surface area contributed by atoms with Gasteiger partial charge < -0.3 is 19.5 Å². The van der Waals surface area contributed by atoms with Crippen molar-refractivity contribution in [1.29, 1.82) is 0 Å². The summed E-state index contributed by atoms with van der Waals surface area (Å²) < 4.78 is 17.3. The summed E-state index contributed by atoms with van der Waals surface area (Å²) in [5.41, 5.74) is 4.66. The van der Waals surface area contributed by atoms with Crippen LogP contribution < -0.4 is 19.5 Å². The van der Waals surface area contributed by atoms with E-state index in [0.717, 1.165) is 34.6 Å². The van der Waals surface area contributed by atoms with Gasteiger partial charge in [0.05, 0.1) is 12.2 Å². The number of carbonyl (C=O) groups excluding carboxylic acids is 1. The van der Waals surface area contributed by atoms with Crippen LogP contribution in [0.3, 0.4) is 0 Å². The molecule has 6 heteroatoms. The average Bonchev–Trinajstić information content (AvgIpc) is 3.21. The highest BCUT2D eigenvalue weighted by Gasteiger charge is 2.26. The highest BCUT2D eigenvalue weighted by molar-refractivity contribution is 5.95. The van der Waals surface area contributed by atoms with Gasteiger partial charge in [-0.25, -0.2) is 0 Å². The highest BCUT2D eigenvalue weighted by Crippen LogP contribution is 2.38. The lowest BCUT2D eigenvalue weighted by Gasteiger charge is -2.19. The molecule has 0 fully saturated rings. The number of carbonyl (C=O) groups is 1. The van der Waals surface area contributed by atoms with Crippen molar-refractivity contribution >= 4 is 5.91 Å². The van der Waals surface area contributed by atoms with Crippen LogP contribution in [0.25, 0.3) is 11.3 Å². The number of amides is 1. The first-order valence-electron chi connectivity index (χ1n) is 10.1. The molecule has 6 nitrogen and oxygen atoms in total. The number of hydrogen-bond donors (Lipinski definition) is 1. The van der Waals surface area contributed by atoms with Crippen molar-refractivity contribution < 1.29 is 19.0 Å². The van der Waals surface area contributed by atoms with E-state index in [-0.39, 0.29) is 12.0 Å². The summed E-state index contributed by atoms with van der Waals surface area (Å²) in [4.78, 5) is 17.1. The third-order valence-corrected chi connectivity index (χ3v) is 5.31. The van der Waals surface area contributed by atoms with Crippen molar-refractivity contribution in [1.82, 2.24) is 10.3 Å². The Morgan fingerprint density at radius 3 is 2.80 bits per heavy atom. The molecular weight excluding hydrogens is 380 g/mol. The van der Waals surface area contributed by atoms with Gasteiger partial charge in [-0.2, -0.15) is 0 Å². The Morgan fingerprint density at radius 2 is 1.97 bits per heavy atom. The monoisotopic (exact) mass is 402 g/mol. The van der Waals surface area contributed by atoms with Gasteiger partial charge in [-0.15, -0.1) is 0 Å². The zero-order valence-corrected chi connectivity index (χ0v) is 16.7. The number of aromatic nitrogens is 1. The van der Waals surface area contributed by atoms with Gasteiger partial charge in [0, 0.05) is 23.7 Å². The van der Waals surface area contributed by atoms with E-state index in [1.54, 1.807) is 18.2 Å². The van der Waals surface area contributed by atoms with Gasteiger partial charge in [0.2, 0.25) is 0 Å². The molecule has 1 aromatic heterocycles. The first-order chi connectivity index (χ1) is 14.7. The number of rotatable bonds is 4. The third kappa shape index (κ3) is 3.56. The van der Waals surface area contributed by atoms with Crippen molar-refractivity contribution in [3.8, 4) is 28.5 Å². The van der Waals surface area contributed by atoms with E-state index in [1.165, 1.54) is 0 Å². The number of pyridine rings is 1. The van der Waals surface area contributed by atoms with E-state index in [0.29, 0.717) is 36.8 Å². The van der Waals surface area contributed by atoms with Crippen LogP contribution in [0.2, 0.25) is 0 Å². The number of ether oxygens (including phenoxy) is 3. The lowest BCUT2D eigenvalue weighted by molar-refractivity contribution is 0.0932. The number of aryl methyl sites for hydroxylation is 1. The molecule has 152 valence electrons. The molecule has 3 heterocycles. The molecule has 0 spiro atoms. The molecule has 0 saturated heterocycles. The minimum Gasteiger partial charge on any atom is -0.487 e. The quantitative estimate of drug-likeness (QED) is 0.723. The predicted molar refractivity (Wildman–Crippen MR) is 112 cm³/mol. The fourth-order valence-corrected chi connectivity index (χ4v) is 3.77. The summed E-state index contributed by atoms with van der Waals surface area (Å²) in [6, 6.07) is 15.4. The van der Waals surface area contributed by atoms with Gasteiger partial charge in [0.1, 0.15) is 25.1 Å². The first-order valence-corrected chi connectivity index (χ1v) is 10.1. The summed E-state index contributed by atoms with van der Waals surface area (Å²) in [6.07, 6.45) is 2.48. The lowest BCUT2D eigenvalue weighted by Crippen LogP contribution is -2.34. The molecule has 1 amide bonds. The molecule has 0 bridgehead atoms. The predicted octanol–water partition coefficient (Wildman–Crippen LogP) is 3.56. The zero-order chi connectivity index (χ0) is 20.5. The number of fused-ring (bicyclic) bond motifs is 2. The summed E-state index contributed by atoms with van der Waals surface area (Å²) in [6.45, 7) is 3.45. The minimum absolute atomic E-state index is 0.118. The van der Waals surface area contributed by atoms with Crippen molar-refractivity contribution in [2.45, 2.75) is 19.4 Å². The first kappa shape index (κ1) is 18.5. The molecule has 5 rings (SSSR count). The molecule has 3 aromatic rings. The lowest BCUT2D eigenvalue weighted by atomic mass is 10.0. The fourth-order valence-electron chi connectivity index (χ4n) is 3.77. The van der Waals surface area contributed by atoms with Crippen LogP contribution in [0.1, 0.15) is 21.5 Å². The van der Waals surface area contributed by atoms with Crippen molar-refractivity contribution in [2.24, 2.45) is 0 Å². The van der Waals surface area contributed by atoms with Gasteiger partial charge >= 0.3 is 0 Å². The third-order valence-electron chi connectivity index (χ3n) is 5.31. The average molecular weight is 402 g/mol. The Bertz CT molecular complexity index is 1090. The van der Waals surface area contributed by atoms with Crippen molar-refractivity contribution in [2.75, 3.05) is 19.8 Å². The number of benzene rings is 2. The number of nitrogens with one attached hydrogen (secondary N) is 1. The van der Waals surface area contributed by atoms with Crippen LogP contribution in [0.15, 0.2) is 54.7 Å². The molecule has 0 radical (unpaired) electrons. The molecule has 2 aliphatic heterocycles. The smallest absolute Gasteiger partial charge is 0.251 e. The molecule has 2 aromatic carbocycles. The van der Waals surface area contributed by atoms with Gasteiger partial charge in [-0.05, 0) is 48.4 Å². The van der Waals surface area contributed by atoms with Gasteiger partial charge in [-0.1, -0.05) is 18.2 Å². The van der Waals surface area contributed by atoms with E-state index in [1.807, 2.05) is 37.4 Å². The summed E-state index contributed by atoms with van der Waals surface area (Å²) in [5, 5.41) is 2.97. The van der Waals surface area contributed by atoms with E-state index in [2.05, 4.69) is 16.4 Å². The van der Waals surface area contributed by atoms with Crippen LogP contribution in [-0.4, -0.2) is 36.8 Å². The number of para-hydroxylation sites is 1. The van der Waals surface area contributed by atoms with Crippen LogP contribution in [0.4, 0.5) is 0 Å². The normalized spacial score (nSPS) is 16.5. The fraction of sp³-hybridized carbons (Fsp3) is 0.250. The molecule has 0 aliphatic carbocycles. The van der Waals surface area contributed by atoms with Gasteiger partial charge in [0.25, 0.3) is 5.91 Å². The Morgan fingerprint density at radius 1 is 1.10 bits per heavy atom. The second-order valence-corrected chi connectivity index (χ2v) is 7.53. The maximum atomic E-state index is 12.6. The van der Waals surface area contributed by atoms with Crippen LogP contribution in [0.5, 0.6) is 17.2 Å². The second-order valence-electron chi connectivity index (χ2n) is 7.53. The van der Waals surface area contributed by atoms with E-state index < -0.39 is 0 Å². The molecule has 1 N–H and O–H groups in total. The van der Waals surface area contributed by atoms with E-state index >= 15 is 0 Å². The maximum Gasteiger partial charge on any atom is 0.251 e. The maximum absolute atomic E-state index is 12.6. The number of hydrogen-bond acceptors (Lipinski definition) is 5. The van der Waals surface area contributed by atoms with Crippen molar-refractivity contribution in [3.05, 3.63) is 71.4 Å². The van der Waals surface area contributed by atoms with Gasteiger partial charge in [-0.3, -0.25) is 9.78 Å². The minimum atomic E-state index is -0.160. The van der Waals surface area contributed by atoms with Crippen molar-refractivity contribution in [3.63, 3.8) is 0 Å². The summed E-state index contributed by atoms with van der Waals surface area (Å²) in [7, 11) is 0. The Labute approximate surface area is 174 Å². The zero-order valence-electron chi connectivity index (χ0n) is 16.7. The standard InChI is InChI=1S/C24H22N2O4/c1-15-5-7-20(25-13-15)19-4-2-3-16-11-18(30-23(16)19)14-26-24(27)17-6-8-21-22(12-17)29-10-9-28-21/h2-8,12-13,18H,9-11,14H2,1H3,(H,26,27). The van der Waals surface area contributed by atoms with Gasteiger partial charge in [0.15, 0.2) is 11.5 Å². The van der Waals surface area contributed by atoms with Crippen LogP contribution >= 0.6 is 0 Å². The van der Waals surface area contributed by atoms with E-state index in [4.69, 9.17) is 14.2 Å². The summed E-state index contributed by atoms with van der Waals surface area (Å²) >= 11 is 0. The molecule has 1 unspecified atom stereocenters. The Kier molecular flexibility index (Phi) is 4.75. The van der Waals surface area contributed by atoms with Crippen LogP contribution in [0, 0.1) is 6.92 Å². The molecule has 2 aliphatic rings. The van der Waals surface area contributed by atoms with Crippen LogP contribution in [-0.2, 0) is 6.42 Å².